The lowest BCUT2D eigenvalue weighted by molar-refractivity contribution is 0.399. The van der Waals surface area contributed by atoms with Crippen LogP contribution in [0.15, 0.2) is 27.7 Å². The molecular formula is C15H17N3O3S. The molecule has 22 heavy (non-hydrogen) atoms. The maximum atomic E-state index is 12.6. The molecule has 116 valence electrons. The van der Waals surface area contributed by atoms with E-state index in [9.17, 15) is 8.42 Å². The van der Waals surface area contributed by atoms with Crippen LogP contribution in [0.5, 0.6) is 0 Å². The van der Waals surface area contributed by atoms with Gasteiger partial charge in [0.2, 0.25) is 0 Å². The van der Waals surface area contributed by atoms with Gasteiger partial charge >= 0.3 is 0 Å². The molecule has 0 spiro atoms. The van der Waals surface area contributed by atoms with Crippen LogP contribution in [0.3, 0.4) is 0 Å². The molecule has 2 heterocycles. The number of nitrogens with one attached hydrogen (secondary N) is 2. The first-order chi connectivity index (χ1) is 10.3. The largest absolute Gasteiger partial charge is 0.360 e. The van der Waals surface area contributed by atoms with E-state index < -0.39 is 10.0 Å². The third kappa shape index (κ3) is 2.18. The summed E-state index contributed by atoms with van der Waals surface area (Å²) in [6.07, 6.45) is 1.50. The lowest BCUT2D eigenvalue weighted by Gasteiger charge is -2.06. The molecule has 0 unspecified atom stereocenters. The lowest BCUT2D eigenvalue weighted by Crippen LogP contribution is -2.13. The minimum Gasteiger partial charge on any atom is -0.360 e. The number of aryl methyl sites for hydroxylation is 3. The monoisotopic (exact) mass is 319 g/mol. The number of H-pyrrole nitrogens is 1. The Balaban J connectivity index is 2.10. The fourth-order valence-electron chi connectivity index (χ4n) is 2.34. The zero-order chi connectivity index (χ0) is 16.1. The molecule has 3 aromatic rings. The van der Waals surface area contributed by atoms with E-state index in [-0.39, 0.29) is 10.7 Å². The molecule has 6 nitrogen and oxygen atoms in total. The summed E-state index contributed by atoms with van der Waals surface area (Å²) in [5, 5.41) is 4.41. The van der Waals surface area contributed by atoms with Gasteiger partial charge in [0.1, 0.15) is 10.7 Å². The van der Waals surface area contributed by atoms with Crippen LogP contribution in [0.4, 0.5) is 5.82 Å². The molecule has 2 aromatic heterocycles. The summed E-state index contributed by atoms with van der Waals surface area (Å²) in [4.78, 5) is 3.25. The molecule has 7 heteroatoms. The van der Waals surface area contributed by atoms with E-state index >= 15 is 0 Å². The number of fused-ring (bicyclic) bond motifs is 1. The van der Waals surface area contributed by atoms with Crippen molar-refractivity contribution in [2.45, 2.75) is 32.6 Å². The molecule has 0 bridgehead atoms. The summed E-state index contributed by atoms with van der Waals surface area (Å²) in [6, 6.07) is 3.72. The van der Waals surface area contributed by atoms with Gasteiger partial charge < -0.3 is 9.51 Å². The fraction of sp³-hybridized carbons (Fsp3) is 0.267. The van der Waals surface area contributed by atoms with E-state index in [4.69, 9.17) is 4.52 Å². The van der Waals surface area contributed by atoms with Gasteiger partial charge in [-0.1, -0.05) is 17.3 Å². The van der Waals surface area contributed by atoms with Gasteiger partial charge in [-0.2, -0.15) is 0 Å². The minimum absolute atomic E-state index is 0.200. The predicted octanol–water partition coefficient (Wildman–Crippen LogP) is 3.19. The predicted molar refractivity (Wildman–Crippen MR) is 84.6 cm³/mol. The Morgan fingerprint density at radius 3 is 2.50 bits per heavy atom. The Kier molecular flexibility index (Phi) is 3.25. The smallest absolute Gasteiger partial charge is 0.265 e. The molecule has 1 aromatic carbocycles. The van der Waals surface area contributed by atoms with Crippen LogP contribution in [0, 0.1) is 27.7 Å². The first-order valence-electron chi connectivity index (χ1n) is 6.84. The molecule has 0 aliphatic carbocycles. The minimum atomic E-state index is -3.74. The van der Waals surface area contributed by atoms with Crippen molar-refractivity contribution in [1.29, 1.82) is 0 Å². The summed E-state index contributed by atoms with van der Waals surface area (Å²) in [5.74, 6) is 0.804. The van der Waals surface area contributed by atoms with Crippen molar-refractivity contribution in [3.63, 3.8) is 0 Å². The number of aromatic nitrogens is 2. The number of rotatable bonds is 3. The average molecular weight is 319 g/mol. The second kappa shape index (κ2) is 4.88. The summed E-state index contributed by atoms with van der Waals surface area (Å²) < 4.78 is 32.7. The van der Waals surface area contributed by atoms with Crippen LogP contribution >= 0.6 is 0 Å². The van der Waals surface area contributed by atoms with Gasteiger partial charge in [-0.05, 0) is 38.8 Å². The fourth-order valence-corrected chi connectivity index (χ4v) is 3.57. The van der Waals surface area contributed by atoms with Crippen LogP contribution in [0.25, 0.3) is 10.9 Å². The molecule has 2 N–H and O–H groups in total. The molecule has 0 atom stereocenters. The first-order valence-corrected chi connectivity index (χ1v) is 8.32. The summed E-state index contributed by atoms with van der Waals surface area (Å²) in [5.41, 5.74) is 3.64. The van der Waals surface area contributed by atoms with Crippen molar-refractivity contribution < 1.29 is 12.9 Å². The Labute approximate surface area is 128 Å². The van der Waals surface area contributed by atoms with Crippen LogP contribution in [-0.4, -0.2) is 18.6 Å². The van der Waals surface area contributed by atoms with Crippen LogP contribution in [0.2, 0.25) is 0 Å². The van der Waals surface area contributed by atoms with E-state index in [0.717, 1.165) is 16.6 Å². The van der Waals surface area contributed by atoms with Crippen molar-refractivity contribution in [3.8, 4) is 0 Å². The molecule has 0 saturated carbocycles. The van der Waals surface area contributed by atoms with Crippen molar-refractivity contribution in [2.24, 2.45) is 0 Å². The Bertz CT molecular complexity index is 967. The molecule has 0 saturated heterocycles. The van der Waals surface area contributed by atoms with Crippen LogP contribution in [0.1, 0.15) is 22.5 Å². The quantitative estimate of drug-likeness (QED) is 0.776. The van der Waals surface area contributed by atoms with Crippen molar-refractivity contribution in [2.75, 3.05) is 4.72 Å². The summed E-state index contributed by atoms with van der Waals surface area (Å²) >= 11 is 0. The zero-order valence-corrected chi connectivity index (χ0v) is 13.6. The number of hydrogen-bond donors (Lipinski definition) is 2. The van der Waals surface area contributed by atoms with Crippen LogP contribution in [-0.2, 0) is 10.0 Å². The van der Waals surface area contributed by atoms with E-state index in [1.165, 1.54) is 6.20 Å². The van der Waals surface area contributed by atoms with Crippen molar-refractivity contribution in [1.82, 2.24) is 10.1 Å². The normalized spacial score (nSPS) is 12.0. The highest BCUT2D eigenvalue weighted by Gasteiger charge is 2.22. The van der Waals surface area contributed by atoms with Crippen molar-refractivity contribution >= 4 is 26.7 Å². The first kappa shape index (κ1) is 14.6. The highest BCUT2D eigenvalue weighted by atomic mass is 32.2. The van der Waals surface area contributed by atoms with Gasteiger partial charge in [0.15, 0.2) is 5.82 Å². The second-order valence-electron chi connectivity index (χ2n) is 5.40. The molecular weight excluding hydrogens is 302 g/mol. The molecule has 0 fully saturated rings. The maximum absolute atomic E-state index is 12.6. The van der Waals surface area contributed by atoms with Crippen molar-refractivity contribution in [3.05, 3.63) is 40.8 Å². The number of hydrogen-bond acceptors (Lipinski definition) is 4. The zero-order valence-electron chi connectivity index (χ0n) is 12.8. The second-order valence-corrected chi connectivity index (χ2v) is 7.05. The standard InChI is InChI=1S/C15H17N3O3S/c1-8-5-6-12-13(7-16-14(12)9(8)2)22(19,20)18-15-10(3)11(4)21-17-15/h5-7,16H,1-4H3,(H,17,18). The SMILES string of the molecule is Cc1ccc2c(S(=O)(=O)Nc3noc(C)c3C)c[nH]c2c1C. The Morgan fingerprint density at radius 1 is 1.14 bits per heavy atom. The number of nitrogens with zero attached hydrogens (tertiary/aromatic N) is 1. The summed E-state index contributed by atoms with van der Waals surface area (Å²) in [6.45, 7) is 7.44. The van der Waals surface area contributed by atoms with Crippen LogP contribution < -0.4 is 4.72 Å². The topological polar surface area (TPSA) is 88.0 Å². The van der Waals surface area contributed by atoms with Gasteiger partial charge in [-0.3, -0.25) is 4.72 Å². The van der Waals surface area contributed by atoms with E-state index in [1.54, 1.807) is 13.8 Å². The third-order valence-electron chi connectivity index (χ3n) is 4.03. The molecule has 3 rings (SSSR count). The third-order valence-corrected chi connectivity index (χ3v) is 5.41. The molecule has 0 amide bonds. The average Bonchev–Trinajstić information content (AvgIpc) is 3.02. The molecule has 0 aliphatic heterocycles. The molecule has 0 radical (unpaired) electrons. The van der Waals surface area contributed by atoms with E-state index in [0.29, 0.717) is 16.7 Å². The highest BCUT2D eigenvalue weighted by Crippen LogP contribution is 2.29. The van der Waals surface area contributed by atoms with Gasteiger partial charge in [-0.25, -0.2) is 8.42 Å². The Morgan fingerprint density at radius 2 is 1.86 bits per heavy atom. The van der Waals surface area contributed by atoms with E-state index in [1.807, 2.05) is 26.0 Å². The number of anilines is 1. The van der Waals surface area contributed by atoms with Gasteiger partial charge in [-0.15, -0.1) is 0 Å². The van der Waals surface area contributed by atoms with E-state index in [2.05, 4.69) is 14.9 Å². The van der Waals surface area contributed by atoms with Gasteiger partial charge in [0, 0.05) is 17.1 Å². The number of sulfonamides is 1. The van der Waals surface area contributed by atoms with Gasteiger partial charge in [0.25, 0.3) is 10.0 Å². The number of benzene rings is 1. The number of aromatic amines is 1. The lowest BCUT2D eigenvalue weighted by atomic mass is 10.1. The maximum Gasteiger partial charge on any atom is 0.265 e. The van der Waals surface area contributed by atoms with Gasteiger partial charge in [0.05, 0.1) is 5.52 Å². The molecule has 0 aliphatic rings. The Hall–Kier alpha value is -2.28. The highest BCUT2D eigenvalue weighted by molar-refractivity contribution is 7.93. The summed E-state index contributed by atoms with van der Waals surface area (Å²) in [7, 11) is -3.74.